The van der Waals surface area contributed by atoms with Crippen LogP contribution in [0.15, 0.2) is 42.7 Å². The number of rotatable bonds is 7. The SMILES string of the molecule is Cn1cc(CCC(=O)NCCN2CCC(c3ccccc3)C2)cn1. The molecule has 1 amide bonds. The van der Waals surface area contributed by atoms with Crippen LogP contribution in [0.1, 0.15) is 29.9 Å². The highest BCUT2D eigenvalue weighted by atomic mass is 16.1. The summed E-state index contributed by atoms with van der Waals surface area (Å²) in [6.07, 6.45) is 6.26. The smallest absolute Gasteiger partial charge is 0.220 e. The van der Waals surface area contributed by atoms with E-state index < -0.39 is 0 Å². The highest BCUT2D eigenvalue weighted by molar-refractivity contribution is 5.76. The van der Waals surface area contributed by atoms with E-state index in [2.05, 4.69) is 45.6 Å². The average molecular weight is 326 g/mol. The third-order valence-electron chi connectivity index (χ3n) is 4.69. The minimum absolute atomic E-state index is 0.123. The van der Waals surface area contributed by atoms with Crippen molar-refractivity contribution in [1.82, 2.24) is 20.0 Å². The molecule has 1 aromatic heterocycles. The minimum Gasteiger partial charge on any atom is -0.355 e. The molecule has 2 aromatic rings. The molecule has 0 saturated carbocycles. The first-order valence-corrected chi connectivity index (χ1v) is 8.72. The van der Waals surface area contributed by atoms with E-state index in [1.807, 2.05) is 19.4 Å². The number of carbonyl (C=O) groups excluding carboxylic acids is 1. The van der Waals surface area contributed by atoms with Gasteiger partial charge in [0.25, 0.3) is 0 Å². The van der Waals surface area contributed by atoms with Crippen LogP contribution < -0.4 is 5.32 Å². The van der Waals surface area contributed by atoms with Gasteiger partial charge in [-0.2, -0.15) is 5.10 Å². The van der Waals surface area contributed by atoms with Gasteiger partial charge in [-0.3, -0.25) is 9.48 Å². The van der Waals surface area contributed by atoms with E-state index in [4.69, 9.17) is 0 Å². The van der Waals surface area contributed by atoms with Gasteiger partial charge in [-0.05, 0) is 36.4 Å². The Bertz CT molecular complexity index is 652. The van der Waals surface area contributed by atoms with Gasteiger partial charge in [0.05, 0.1) is 6.20 Å². The van der Waals surface area contributed by atoms with Crippen molar-refractivity contribution in [2.45, 2.75) is 25.2 Å². The Morgan fingerprint density at radius 3 is 2.92 bits per heavy atom. The minimum atomic E-state index is 0.123. The lowest BCUT2D eigenvalue weighted by Crippen LogP contribution is -2.33. The summed E-state index contributed by atoms with van der Waals surface area (Å²) in [4.78, 5) is 14.4. The Hall–Kier alpha value is -2.14. The number of likely N-dealkylation sites (tertiary alicyclic amines) is 1. The topological polar surface area (TPSA) is 50.2 Å². The molecule has 2 heterocycles. The number of hydrogen-bond donors (Lipinski definition) is 1. The molecule has 1 unspecified atom stereocenters. The van der Waals surface area contributed by atoms with Crippen LogP contribution in [0.3, 0.4) is 0 Å². The van der Waals surface area contributed by atoms with Gasteiger partial charge in [-0.1, -0.05) is 30.3 Å². The monoisotopic (exact) mass is 326 g/mol. The molecule has 0 bridgehead atoms. The van der Waals surface area contributed by atoms with Gasteiger partial charge < -0.3 is 10.2 Å². The highest BCUT2D eigenvalue weighted by Crippen LogP contribution is 2.26. The zero-order valence-electron chi connectivity index (χ0n) is 14.3. The van der Waals surface area contributed by atoms with Crippen molar-refractivity contribution in [2.24, 2.45) is 7.05 Å². The van der Waals surface area contributed by atoms with E-state index in [-0.39, 0.29) is 5.91 Å². The van der Waals surface area contributed by atoms with Gasteiger partial charge in [0.1, 0.15) is 0 Å². The Labute approximate surface area is 143 Å². The predicted octanol–water partition coefficient (Wildman–Crippen LogP) is 1.96. The van der Waals surface area contributed by atoms with Crippen LogP contribution in [-0.4, -0.2) is 46.8 Å². The number of carbonyl (C=O) groups is 1. The fourth-order valence-corrected chi connectivity index (χ4v) is 3.33. The van der Waals surface area contributed by atoms with E-state index >= 15 is 0 Å². The van der Waals surface area contributed by atoms with Crippen molar-refractivity contribution in [1.29, 1.82) is 0 Å². The molecule has 1 atom stereocenters. The van der Waals surface area contributed by atoms with Crippen LogP contribution in [0.5, 0.6) is 0 Å². The molecule has 1 saturated heterocycles. The van der Waals surface area contributed by atoms with Crippen molar-refractivity contribution in [2.75, 3.05) is 26.2 Å². The number of aromatic nitrogens is 2. The van der Waals surface area contributed by atoms with Crippen LogP contribution in [0.2, 0.25) is 0 Å². The van der Waals surface area contributed by atoms with E-state index in [1.165, 1.54) is 12.0 Å². The molecule has 3 rings (SSSR count). The second-order valence-electron chi connectivity index (χ2n) is 6.57. The van der Waals surface area contributed by atoms with Gasteiger partial charge in [0.2, 0.25) is 5.91 Å². The molecule has 1 fully saturated rings. The molecule has 0 radical (unpaired) electrons. The molecule has 1 aliphatic heterocycles. The van der Waals surface area contributed by atoms with Gasteiger partial charge in [-0.25, -0.2) is 0 Å². The summed E-state index contributed by atoms with van der Waals surface area (Å²) in [5, 5.41) is 7.15. The summed E-state index contributed by atoms with van der Waals surface area (Å²) in [7, 11) is 1.89. The molecule has 5 nitrogen and oxygen atoms in total. The van der Waals surface area contributed by atoms with Gasteiger partial charge >= 0.3 is 0 Å². The standard InChI is InChI=1S/C19H26N4O/c1-22-14-16(13-21-22)7-8-19(24)20-10-12-23-11-9-18(15-23)17-5-3-2-4-6-17/h2-6,13-14,18H,7-12,15H2,1H3,(H,20,24). The van der Waals surface area contributed by atoms with E-state index in [0.717, 1.165) is 38.2 Å². The molecule has 1 aliphatic rings. The molecular weight excluding hydrogens is 300 g/mol. The lowest BCUT2D eigenvalue weighted by atomic mass is 9.99. The maximum absolute atomic E-state index is 11.9. The van der Waals surface area contributed by atoms with Crippen molar-refractivity contribution in [3.05, 3.63) is 53.9 Å². The Morgan fingerprint density at radius 1 is 1.33 bits per heavy atom. The predicted molar refractivity (Wildman–Crippen MR) is 94.8 cm³/mol. The van der Waals surface area contributed by atoms with Crippen molar-refractivity contribution in [3.63, 3.8) is 0 Å². The fraction of sp³-hybridized carbons (Fsp3) is 0.474. The summed E-state index contributed by atoms with van der Waals surface area (Å²) in [6.45, 7) is 3.87. The molecular formula is C19H26N4O. The summed E-state index contributed by atoms with van der Waals surface area (Å²) >= 11 is 0. The molecule has 128 valence electrons. The number of aryl methyl sites for hydroxylation is 2. The summed E-state index contributed by atoms with van der Waals surface area (Å²) < 4.78 is 1.77. The largest absolute Gasteiger partial charge is 0.355 e. The highest BCUT2D eigenvalue weighted by Gasteiger charge is 2.23. The lowest BCUT2D eigenvalue weighted by Gasteiger charge is -2.16. The zero-order valence-corrected chi connectivity index (χ0v) is 14.3. The maximum atomic E-state index is 11.9. The Morgan fingerprint density at radius 2 is 2.17 bits per heavy atom. The second-order valence-corrected chi connectivity index (χ2v) is 6.57. The molecule has 0 aliphatic carbocycles. The van der Waals surface area contributed by atoms with Gasteiger partial charge in [0.15, 0.2) is 0 Å². The molecule has 1 N–H and O–H groups in total. The normalized spacial score (nSPS) is 18.0. The number of benzene rings is 1. The first-order chi connectivity index (χ1) is 11.7. The molecule has 0 spiro atoms. The van der Waals surface area contributed by atoms with E-state index in [9.17, 15) is 4.79 Å². The van der Waals surface area contributed by atoms with Crippen molar-refractivity contribution in [3.8, 4) is 0 Å². The van der Waals surface area contributed by atoms with Crippen LogP contribution in [-0.2, 0) is 18.3 Å². The zero-order chi connectivity index (χ0) is 16.8. The molecule has 1 aromatic carbocycles. The summed E-state index contributed by atoms with van der Waals surface area (Å²) in [5.41, 5.74) is 2.54. The first-order valence-electron chi connectivity index (χ1n) is 8.72. The second kappa shape index (κ2) is 8.11. The third kappa shape index (κ3) is 4.68. The van der Waals surface area contributed by atoms with E-state index in [0.29, 0.717) is 12.3 Å². The van der Waals surface area contributed by atoms with Crippen molar-refractivity contribution < 1.29 is 4.79 Å². The van der Waals surface area contributed by atoms with Crippen molar-refractivity contribution >= 4 is 5.91 Å². The van der Waals surface area contributed by atoms with E-state index in [1.54, 1.807) is 4.68 Å². The Balaban J connectivity index is 1.33. The van der Waals surface area contributed by atoms with Gasteiger partial charge in [-0.15, -0.1) is 0 Å². The third-order valence-corrected chi connectivity index (χ3v) is 4.69. The average Bonchev–Trinajstić information content (AvgIpc) is 3.23. The summed E-state index contributed by atoms with van der Waals surface area (Å²) in [6, 6.07) is 10.7. The van der Waals surface area contributed by atoms with Crippen LogP contribution in [0.4, 0.5) is 0 Å². The van der Waals surface area contributed by atoms with Crippen LogP contribution in [0, 0.1) is 0 Å². The summed E-state index contributed by atoms with van der Waals surface area (Å²) in [5.74, 6) is 0.755. The number of amides is 1. The van der Waals surface area contributed by atoms with Crippen LogP contribution >= 0.6 is 0 Å². The quantitative estimate of drug-likeness (QED) is 0.846. The number of hydrogen-bond acceptors (Lipinski definition) is 3. The fourth-order valence-electron chi connectivity index (χ4n) is 3.33. The van der Waals surface area contributed by atoms with Gasteiger partial charge in [0, 0.05) is 39.3 Å². The number of nitrogens with zero attached hydrogens (tertiary/aromatic N) is 3. The number of nitrogens with one attached hydrogen (secondary N) is 1. The molecule has 24 heavy (non-hydrogen) atoms. The maximum Gasteiger partial charge on any atom is 0.220 e. The molecule has 5 heteroatoms. The lowest BCUT2D eigenvalue weighted by molar-refractivity contribution is -0.121. The van der Waals surface area contributed by atoms with Crippen LogP contribution in [0.25, 0.3) is 0 Å². The Kier molecular flexibility index (Phi) is 5.64. The first kappa shape index (κ1) is 16.7.